The first-order valence-electron chi connectivity index (χ1n) is 7.07. The van der Waals surface area contributed by atoms with Gasteiger partial charge in [0.15, 0.2) is 0 Å². The SMILES string of the molecule is Cc1ccc(C(C)(C)C)cc1CC1(CO)CCC1. The van der Waals surface area contributed by atoms with Gasteiger partial charge >= 0.3 is 0 Å². The van der Waals surface area contributed by atoms with Crippen LogP contribution in [-0.4, -0.2) is 11.7 Å². The Balaban J connectivity index is 2.27. The van der Waals surface area contributed by atoms with Gasteiger partial charge in [0.1, 0.15) is 0 Å². The van der Waals surface area contributed by atoms with Crippen LogP contribution >= 0.6 is 0 Å². The lowest BCUT2D eigenvalue weighted by atomic mass is 9.65. The molecule has 0 aliphatic heterocycles. The molecule has 100 valence electrons. The van der Waals surface area contributed by atoms with E-state index >= 15 is 0 Å². The Morgan fingerprint density at radius 2 is 1.89 bits per heavy atom. The quantitative estimate of drug-likeness (QED) is 0.854. The molecule has 1 fully saturated rings. The van der Waals surface area contributed by atoms with Gasteiger partial charge in [-0.05, 0) is 53.7 Å². The number of hydrogen-bond acceptors (Lipinski definition) is 1. The van der Waals surface area contributed by atoms with Gasteiger partial charge in [-0.1, -0.05) is 45.4 Å². The monoisotopic (exact) mass is 246 g/mol. The highest BCUT2D eigenvalue weighted by atomic mass is 16.3. The number of aryl methyl sites for hydroxylation is 1. The van der Waals surface area contributed by atoms with Gasteiger partial charge in [0.2, 0.25) is 0 Å². The molecule has 0 spiro atoms. The Hall–Kier alpha value is -0.820. The molecule has 1 saturated carbocycles. The lowest BCUT2D eigenvalue weighted by Crippen LogP contribution is -2.35. The van der Waals surface area contributed by atoms with Crippen LogP contribution in [0.5, 0.6) is 0 Å². The molecule has 0 atom stereocenters. The van der Waals surface area contributed by atoms with Crippen molar-refractivity contribution in [2.45, 2.75) is 58.8 Å². The summed E-state index contributed by atoms with van der Waals surface area (Å²) in [4.78, 5) is 0. The first kappa shape index (κ1) is 13.6. The highest BCUT2D eigenvalue weighted by Crippen LogP contribution is 2.44. The van der Waals surface area contributed by atoms with E-state index in [4.69, 9.17) is 0 Å². The van der Waals surface area contributed by atoms with E-state index in [9.17, 15) is 5.11 Å². The maximum atomic E-state index is 9.62. The summed E-state index contributed by atoms with van der Waals surface area (Å²) in [5.74, 6) is 0. The van der Waals surface area contributed by atoms with E-state index in [0.29, 0.717) is 6.61 Å². The Labute approximate surface area is 111 Å². The smallest absolute Gasteiger partial charge is 0.0490 e. The molecule has 0 aromatic heterocycles. The molecular formula is C17H26O. The van der Waals surface area contributed by atoms with Gasteiger partial charge < -0.3 is 5.11 Å². The van der Waals surface area contributed by atoms with Crippen molar-refractivity contribution in [3.63, 3.8) is 0 Å². The molecule has 0 radical (unpaired) electrons. The van der Waals surface area contributed by atoms with E-state index in [2.05, 4.69) is 45.9 Å². The minimum Gasteiger partial charge on any atom is -0.396 e. The zero-order valence-corrected chi connectivity index (χ0v) is 12.2. The van der Waals surface area contributed by atoms with E-state index < -0.39 is 0 Å². The second-order valence-electron chi connectivity index (χ2n) is 7.08. The largest absolute Gasteiger partial charge is 0.396 e. The van der Waals surface area contributed by atoms with Crippen LogP contribution in [0.15, 0.2) is 18.2 Å². The average molecular weight is 246 g/mol. The summed E-state index contributed by atoms with van der Waals surface area (Å²) in [6.07, 6.45) is 4.68. The Bertz CT molecular complexity index is 416. The predicted octanol–water partition coefficient (Wildman–Crippen LogP) is 4.00. The third-order valence-corrected chi connectivity index (χ3v) is 4.53. The van der Waals surface area contributed by atoms with Gasteiger partial charge in [-0.3, -0.25) is 0 Å². The molecular weight excluding hydrogens is 220 g/mol. The lowest BCUT2D eigenvalue weighted by Gasteiger charge is -2.41. The zero-order chi connectivity index (χ0) is 13.4. The van der Waals surface area contributed by atoms with Gasteiger partial charge in [-0.15, -0.1) is 0 Å². The summed E-state index contributed by atoms with van der Waals surface area (Å²) >= 11 is 0. The Kier molecular flexibility index (Phi) is 3.55. The number of hydrogen-bond donors (Lipinski definition) is 1. The number of rotatable bonds is 3. The summed E-state index contributed by atoms with van der Waals surface area (Å²) < 4.78 is 0. The van der Waals surface area contributed by atoms with Crippen LogP contribution in [0.3, 0.4) is 0 Å². The topological polar surface area (TPSA) is 20.2 Å². The van der Waals surface area contributed by atoms with Crippen molar-refractivity contribution in [2.75, 3.05) is 6.61 Å². The molecule has 0 heterocycles. The van der Waals surface area contributed by atoms with Crippen LogP contribution in [0.25, 0.3) is 0 Å². The minimum absolute atomic E-state index is 0.182. The number of aliphatic hydroxyl groups is 1. The van der Waals surface area contributed by atoms with Crippen molar-refractivity contribution < 1.29 is 5.11 Å². The summed E-state index contributed by atoms with van der Waals surface area (Å²) in [6.45, 7) is 9.30. The number of benzene rings is 1. The van der Waals surface area contributed by atoms with E-state index in [1.165, 1.54) is 36.0 Å². The Morgan fingerprint density at radius 3 is 2.33 bits per heavy atom. The van der Waals surface area contributed by atoms with Crippen molar-refractivity contribution in [2.24, 2.45) is 5.41 Å². The maximum Gasteiger partial charge on any atom is 0.0490 e. The van der Waals surface area contributed by atoms with Crippen molar-refractivity contribution in [1.82, 2.24) is 0 Å². The predicted molar refractivity (Wildman–Crippen MR) is 77.0 cm³/mol. The fraction of sp³-hybridized carbons (Fsp3) is 0.647. The molecule has 0 amide bonds. The summed E-state index contributed by atoms with van der Waals surface area (Å²) in [6, 6.07) is 6.83. The molecule has 1 aliphatic carbocycles. The molecule has 1 aromatic rings. The Morgan fingerprint density at radius 1 is 1.22 bits per heavy atom. The number of aliphatic hydroxyl groups excluding tert-OH is 1. The van der Waals surface area contributed by atoms with Gasteiger partial charge in [0.05, 0.1) is 0 Å². The van der Waals surface area contributed by atoms with Gasteiger partial charge in [-0.25, -0.2) is 0 Å². The van der Waals surface area contributed by atoms with Crippen LogP contribution in [-0.2, 0) is 11.8 Å². The average Bonchev–Trinajstić information content (AvgIpc) is 2.24. The standard InChI is InChI=1S/C17H26O/c1-13-6-7-15(16(2,3)4)10-14(13)11-17(12-18)8-5-9-17/h6-7,10,18H,5,8-9,11-12H2,1-4H3. The first-order valence-corrected chi connectivity index (χ1v) is 7.07. The van der Waals surface area contributed by atoms with Crippen molar-refractivity contribution in [3.8, 4) is 0 Å². The van der Waals surface area contributed by atoms with E-state index in [0.717, 1.165) is 6.42 Å². The van der Waals surface area contributed by atoms with Gasteiger partial charge in [-0.2, -0.15) is 0 Å². The normalized spacial score (nSPS) is 18.5. The molecule has 1 aliphatic rings. The van der Waals surface area contributed by atoms with Crippen LogP contribution in [0, 0.1) is 12.3 Å². The maximum absolute atomic E-state index is 9.62. The third kappa shape index (κ3) is 2.61. The van der Waals surface area contributed by atoms with Gasteiger partial charge in [0.25, 0.3) is 0 Å². The van der Waals surface area contributed by atoms with E-state index in [-0.39, 0.29) is 10.8 Å². The molecule has 1 nitrogen and oxygen atoms in total. The second-order valence-corrected chi connectivity index (χ2v) is 7.08. The van der Waals surface area contributed by atoms with Gasteiger partial charge in [0, 0.05) is 6.61 Å². The van der Waals surface area contributed by atoms with Crippen LogP contribution in [0.2, 0.25) is 0 Å². The second kappa shape index (κ2) is 4.70. The van der Waals surface area contributed by atoms with Crippen LogP contribution in [0.4, 0.5) is 0 Å². The molecule has 1 aromatic carbocycles. The molecule has 1 heteroatoms. The lowest BCUT2D eigenvalue weighted by molar-refractivity contribution is 0.0449. The summed E-state index contributed by atoms with van der Waals surface area (Å²) in [7, 11) is 0. The molecule has 18 heavy (non-hydrogen) atoms. The molecule has 0 saturated heterocycles. The van der Waals surface area contributed by atoms with Crippen molar-refractivity contribution in [1.29, 1.82) is 0 Å². The highest BCUT2D eigenvalue weighted by molar-refractivity contribution is 5.35. The summed E-state index contributed by atoms with van der Waals surface area (Å²) in [5.41, 5.74) is 4.57. The molecule has 0 bridgehead atoms. The van der Waals surface area contributed by atoms with Crippen LogP contribution in [0.1, 0.15) is 56.7 Å². The molecule has 1 N–H and O–H groups in total. The molecule has 0 unspecified atom stereocenters. The van der Waals surface area contributed by atoms with Crippen molar-refractivity contribution in [3.05, 3.63) is 34.9 Å². The van der Waals surface area contributed by atoms with Crippen LogP contribution < -0.4 is 0 Å². The fourth-order valence-electron chi connectivity index (χ4n) is 2.80. The third-order valence-electron chi connectivity index (χ3n) is 4.53. The highest BCUT2D eigenvalue weighted by Gasteiger charge is 2.36. The van der Waals surface area contributed by atoms with E-state index in [1.54, 1.807) is 0 Å². The van der Waals surface area contributed by atoms with Crippen molar-refractivity contribution >= 4 is 0 Å². The summed E-state index contributed by atoms with van der Waals surface area (Å²) in [5, 5.41) is 9.62. The zero-order valence-electron chi connectivity index (χ0n) is 12.2. The molecule has 2 rings (SSSR count). The first-order chi connectivity index (χ1) is 8.36. The van der Waals surface area contributed by atoms with E-state index in [1.807, 2.05) is 0 Å². The fourth-order valence-corrected chi connectivity index (χ4v) is 2.80. The minimum atomic E-state index is 0.182.